The number of halogens is 1. The number of hydrogen-bond donors (Lipinski definition) is 2. The first-order valence-electron chi connectivity index (χ1n) is 9.48. The molecular weight excluding hydrogens is 360 g/mol. The van der Waals surface area contributed by atoms with Crippen LogP contribution in [0, 0.1) is 12.8 Å². The zero-order valence-electron chi connectivity index (χ0n) is 15.6. The van der Waals surface area contributed by atoms with Crippen molar-refractivity contribution in [2.24, 2.45) is 5.92 Å². The fourth-order valence-corrected chi connectivity index (χ4v) is 3.90. The molecule has 1 saturated heterocycles. The van der Waals surface area contributed by atoms with Crippen LogP contribution in [0.1, 0.15) is 29.9 Å². The van der Waals surface area contributed by atoms with Crippen molar-refractivity contribution in [2.45, 2.75) is 37.8 Å². The first-order valence-corrected chi connectivity index (χ1v) is 9.48. The predicted octanol–water partition coefficient (Wildman–Crippen LogP) is 3.45. The van der Waals surface area contributed by atoms with Gasteiger partial charge in [0.2, 0.25) is 5.91 Å². The van der Waals surface area contributed by atoms with E-state index in [2.05, 4.69) is 41.8 Å². The van der Waals surface area contributed by atoms with E-state index in [1.54, 1.807) is 0 Å². The molecule has 5 heteroatoms. The molecule has 0 bridgehead atoms. The molecule has 2 atom stereocenters. The maximum absolute atomic E-state index is 12.7. The molecule has 27 heavy (non-hydrogen) atoms. The Labute approximate surface area is 167 Å². The van der Waals surface area contributed by atoms with E-state index < -0.39 is 0 Å². The van der Waals surface area contributed by atoms with Crippen LogP contribution in [-0.4, -0.2) is 31.1 Å². The van der Waals surface area contributed by atoms with Crippen LogP contribution in [0.3, 0.4) is 0 Å². The van der Waals surface area contributed by atoms with Crippen LogP contribution in [0.5, 0.6) is 5.75 Å². The average Bonchev–Trinajstić information content (AvgIpc) is 3.12. The Hall–Kier alpha value is -2.04. The van der Waals surface area contributed by atoms with Crippen molar-refractivity contribution < 1.29 is 9.53 Å². The highest BCUT2D eigenvalue weighted by atomic mass is 35.5. The average molecular weight is 387 g/mol. The van der Waals surface area contributed by atoms with E-state index in [1.807, 2.05) is 30.3 Å². The molecule has 2 aromatic rings. The van der Waals surface area contributed by atoms with Crippen LogP contribution < -0.4 is 15.4 Å². The third-order valence-electron chi connectivity index (χ3n) is 5.54. The summed E-state index contributed by atoms with van der Waals surface area (Å²) in [4.78, 5) is 12.7. The Kier molecular flexibility index (Phi) is 6.40. The molecule has 2 N–H and O–H groups in total. The highest BCUT2D eigenvalue weighted by molar-refractivity contribution is 5.85. The Balaban J connectivity index is 0.00000210. The summed E-state index contributed by atoms with van der Waals surface area (Å²) in [5.74, 6) is 1.35. The molecule has 0 aromatic heterocycles. The van der Waals surface area contributed by atoms with E-state index >= 15 is 0 Å². The van der Waals surface area contributed by atoms with E-state index in [4.69, 9.17) is 4.74 Å². The molecule has 144 valence electrons. The standard InChI is InChI=1S/C22H26N2O2.ClH/c1-15-7-9-18(10-8-15)26-19-11-17(12-19)24-22(25)21-14-23-13-20(21)16-5-3-2-4-6-16;/h2-10,17,19-21,23H,11-14H2,1H3,(H,24,25);1H/t17?,19?,20-,21+;/m0./s1. The third kappa shape index (κ3) is 4.63. The van der Waals surface area contributed by atoms with Crippen LogP contribution >= 0.6 is 12.4 Å². The predicted molar refractivity (Wildman–Crippen MR) is 110 cm³/mol. The summed E-state index contributed by atoms with van der Waals surface area (Å²) in [6.45, 7) is 3.69. The van der Waals surface area contributed by atoms with Crippen molar-refractivity contribution in [2.75, 3.05) is 13.1 Å². The number of nitrogens with one attached hydrogen (secondary N) is 2. The van der Waals surface area contributed by atoms with Gasteiger partial charge >= 0.3 is 0 Å². The molecule has 4 nitrogen and oxygen atoms in total. The van der Waals surface area contributed by atoms with Crippen LogP contribution in [0.2, 0.25) is 0 Å². The van der Waals surface area contributed by atoms with Gasteiger partial charge in [-0.25, -0.2) is 0 Å². The van der Waals surface area contributed by atoms with Crippen LogP contribution in [-0.2, 0) is 4.79 Å². The van der Waals surface area contributed by atoms with Gasteiger partial charge in [0.05, 0.1) is 5.92 Å². The summed E-state index contributed by atoms with van der Waals surface area (Å²) < 4.78 is 5.97. The lowest BCUT2D eigenvalue weighted by Crippen LogP contribution is -2.51. The molecular formula is C22H27ClN2O2. The zero-order valence-corrected chi connectivity index (χ0v) is 16.4. The number of amides is 1. The molecule has 2 aliphatic rings. The molecule has 1 aliphatic carbocycles. The first-order chi connectivity index (χ1) is 12.7. The number of hydrogen-bond acceptors (Lipinski definition) is 3. The maximum Gasteiger partial charge on any atom is 0.225 e. The second-order valence-electron chi connectivity index (χ2n) is 7.51. The highest BCUT2D eigenvalue weighted by Gasteiger charge is 2.38. The highest BCUT2D eigenvalue weighted by Crippen LogP contribution is 2.30. The topological polar surface area (TPSA) is 50.4 Å². The van der Waals surface area contributed by atoms with Crippen LogP contribution in [0.25, 0.3) is 0 Å². The van der Waals surface area contributed by atoms with Crippen molar-refractivity contribution in [3.63, 3.8) is 0 Å². The van der Waals surface area contributed by atoms with Gasteiger partial charge in [-0.15, -0.1) is 12.4 Å². The molecule has 2 aromatic carbocycles. The minimum Gasteiger partial charge on any atom is -0.490 e. The summed E-state index contributed by atoms with van der Waals surface area (Å²) in [7, 11) is 0. The van der Waals surface area contributed by atoms with Gasteiger partial charge in [-0.2, -0.15) is 0 Å². The minimum atomic E-state index is 0. The molecule has 0 radical (unpaired) electrons. The number of rotatable bonds is 5. The largest absolute Gasteiger partial charge is 0.490 e. The zero-order chi connectivity index (χ0) is 17.9. The monoisotopic (exact) mass is 386 g/mol. The SMILES string of the molecule is Cc1ccc(OC2CC(NC(=O)[C@@H]3CNC[C@H]3c3ccccc3)C2)cc1.Cl. The number of carbonyl (C=O) groups excluding carboxylic acids is 1. The molecule has 0 unspecified atom stereocenters. The van der Waals surface area contributed by atoms with Gasteiger partial charge in [0.15, 0.2) is 0 Å². The summed E-state index contributed by atoms with van der Waals surface area (Å²) in [5.41, 5.74) is 2.47. The van der Waals surface area contributed by atoms with E-state index in [0.717, 1.165) is 31.7 Å². The lowest BCUT2D eigenvalue weighted by Gasteiger charge is -2.36. The number of carbonyl (C=O) groups is 1. The summed E-state index contributed by atoms with van der Waals surface area (Å²) in [6.07, 6.45) is 1.97. The molecule has 1 amide bonds. The molecule has 1 saturated carbocycles. The smallest absolute Gasteiger partial charge is 0.225 e. The number of aryl methyl sites for hydroxylation is 1. The van der Waals surface area contributed by atoms with Gasteiger partial charge in [-0.05, 0) is 24.6 Å². The molecule has 4 rings (SSSR count). The summed E-state index contributed by atoms with van der Waals surface area (Å²) in [5, 5.41) is 6.60. The van der Waals surface area contributed by atoms with Gasteiger partial charge in [0.1, 0.15) is 11.9 Å². The van der Waals surface area contributed by atoms with Gasteiger partial charge in [-0.1, -0.05) is 48.0 Å². The molecule has 0 spiro atoms. The molecule has 2 fully saturated rings. The quantitative estimate of drug-likeness (QED) is 0.827. The van der Waals surface area contributed by atoms with Crippen molar-refractivity contribution in [1.29, 1.82) is 0 Å². The van der Waals surface area contributed by atoms with Gasteiger partial charge in [0, 0.05) is 37.9 Å². The van der Waals surface area contributed by atoms with E-state index in [1.165, 1.54) is 11.1 Å². The van der Waals surface area contributed by atoms with E-state index in [9.17, 15) is 4.79 Å². The fraction of sp³-hybridized carbons (Fsp3) is 0.409. The Morgan fingerprint density at radius 2 is 1.74 bits per heavy atom. The van der Waals surface area contributed by atoms with Crippen LogP contribution in [0.4, 0.5) is 0 Å². The van der Waals surface area contributed by atoms with Crippen molar-refractivity contribution in [3.8, 4) is 5.75 Å². The minimum absolute atomic E-state index is 0. The fourth-order valence-electron chi connectivity index (χ4n) is 3.90. The Morgan fingerprint density at radius 1 is 1.04 bits per heavy atom. The second-order valence-corrected chi connectivity index (χ2v) is 7.51. The van der Waals surface area contributed by atoms with Gasteiger partial charge < -0.3 is 15.4 Å². The second kappa shape index (κ2) is 8.77. The maximum atomic E-state index is 12.7. The van der Waals surface area contributed by atoms with Crippen molar-refractivity contribution >= 4 is 18.3 Å². The lowest BCUT2D eigenvalue weighted by atomic mass is 9.85. The van der Waals surface area contributed by atoms with E-state index in [0.29, 0.717) is 0 Å². The van der Waals surface area contributed by atoms with Crippen molar-refractivity contribution in [3.05, 3.63) is 65.7 Å². The van der Waals surface area contributed by atoms with E-state index in [-0.39, 0.29) is 42.3 Å². The van der Waals surface area contributed by atoms with Gasteiger partial charge in [-0.3, -0.25) is 4.79 Å². The first kappa shape index (κ1) is 19.7. The normalized spacial score (nSPS) is 26.6. The molecule has 1 aliphatic heterocycles. The number of ether oxygens (including phenoxy) is 1. The summed E-state index contributed by atoms with van der Waals surface area (Å²) in [6, 6.07) is 18.7. The van der Waals surface area contributed by atoms with Crippen LogP contribution in [0.15, 0.2) is 54.6 Å². The molecule has 1 heterocycles. The Morgan fingerprint density at radius 3 is 2.44 bits per heavy atom. The number of benzene rings is 2. The summed E-state index contributed by atoms with van der Waals surface area (Å²) >= 11 is 0. The third-order valence-corrected chi connectivity index (χ3v) is 5.54. The lowest BCUT2D eigenvalue weighted by molar-refractivity contribution is -0.126. The van der Waals surface area contributed by atoms with Crippen molar-refractivity contribution in [1.82, 2.24) is 10.6 Å². The Bertz CT molecular complexity index is 745. The van der Waals surface area contributed by atoms with Gasteiger partial charge in [0.25, 0.3) is 0 Å².